The fourth-order valence-corrected chi connectivity index (χ4v) is 3.53. The summed E-state index contributed by atoms with van der Waals surface area (Å²) in [5.74, 6) is 1.48. The van der Waals surface area contributed by atoms with Gasteiger partial charge >= 0.3 is 0 Å². The van der Waals surface area contributed by atoms with Crippen molar-refractivity contribution in [3.05, 3.63) is 0 Å². The van der Waals surface area contributed by atoms with Crippen LogP contribution < -0.4 is 5.32 Å². The Labute approximate surface area is 118 Å². The third kappa shape index (κ3) is 3.10. The van der Waals surface area contributed by atoms with Gasteiger partial charge in [-0.1, -0.05) is 0 Å². The minimum atomic E-state index is -0.252. The number of thioether (sulfide) groups is 1. The number of rotatable bonds is 1. The van der Waals surface area contributed by atoms with Crippen LogP contribution in [-0.2, 0) is 9.59 Å². The molecule has 2 amide bonds. The van der Waals surface area contributed by atoms with Crippen molar-refractivity contribution in [2.45, 2.75) is 25.9 Å². The van der Waals surface area contributed by atoms with E-state index in [9.17, 15) is 9.59 Å². The predicted molar refractivity (Wildman–Crippen MR) is 74.9 cm³/mol. The predicted octanol–water partition coefficient (Wildman–Crippen LogP) is 0.150. The molecule has 18 heavy (non-hydrogen) atoms. The summed E-state index contributed by atoms with van der Waals surface area (Å²) in [5, 5.41) is 3.26. The molecule has 0 aromatic heterocycles. The summed E-state index contributed by atoms with van der Waals surface area (Å²) in [6.45, 7) is 6.01. The standard InChI is InChI=1S/C11H19N3O2S.ClH/c1-8-5-12-3-4-13(8)11(16)10-6-17-7-14(10)9(2)15;/h8,10,12H,3-7H2,1-2H3;1H. The Hall–Kier alpha value is -0.460. The highest BCUT2D eigenvalue weighted by Crippen LogP contribution is 2.23. The molecule has 0 aliphatic carbocycles. The van der Waals surface area contributed by atoms with Crippen molar-refractivity contribution < 1.29 is 9.59 Å². The van der Waals surface area contributed by atoms with Crippen molar-refractivity contribution in [3.8, 4) is 0 Å². The summed E-state index contributed by atoms with van der Waals surface area (Å²) in [5.41, 5.74) is 0. The molecule has 2 unspecified atom stereocenters. The first kappa shape index (κ1) is 15.6. The Kier molecular flexibility index (Phi) is 5.75. The molecule has 2 aliphatic heterocycles. The molecule has 0 bridgehead atoms. The van der Waals surface area contributed by atoms with Crippen molar-refractivity contribution in [2.75, 3.05) is 31.3 Å². The number of piperazine rings is 1. The lowest BCUT2D eigenvalue weighted by Crippen LogP contribution is -2.57. The zero-order chi connectivity index (χ0) is 12.4. The molecule has 0 aromatic carbocycles. The molecule has 2 heterocycles. The van der Waals surface area contributed by atoms with Gasteiger partial charge in [-0.05, 0) is 6.92 Å². The molecule has 2 atom stereocenters. The normalized spacial score (nSPS) is 27.9. The van der Waals surface area contributed by atoms with Gasteiger partial charge in [-0.2, -0.15) is 0 Å². The number of hydrogen-bond acceptors (Lipinski definition) is 4. The SMILES string of the molecule is CC(=O)N1CSCC1C(=O)N1CCNCC1C.Cl. The zero-order valence-electron chi connectivity index (χ0n) is 10.7. The quantitative estimate of drug-likeness (QED) is 0.748. The second-order valence-corrected chi connectivity index (χ2v) is 5.59. The molecule has 7 heteroatoms. The maximum absolute atomic E-state index is 12.4. The lowest BCUT2D eigenvalue weighted by molar-refractivity contribution is -0.144. The number of hydrogen-bond donors (Lipinski definition) is 1. The van der Waals surface area contributed by atoms with E-state index in [-0.39, 0.29) is 36.3 Å². The van der Waals surface area contributed by atoms with Gasteiger partial charge in [-0.15, -0.1) is 24.2 Å². The van der Waals surface area contributed by atoms with Crippen LogP contribution in [0.1, 0.15) is 13.8 Å². The van der Waals surface area contributed by atoms with E-state index in [1.54, 1.807) is 16.7 Å². The highest BCUT2D eigenvalue weighted by Gasteiger charge is 2.37. The highest BCUT2D eigenvalue weighted by atomic mass is 35.5. The summed E-state index contributed by atoms with van der Waals surface area (Å²) in [6, 6.07) is -0.0336. The van der Waals surface area contributed by atoms with E-state index < -0.39 is 0 Å². The van der Waals surface area contributed by atoms with Crippen LogP contribution >= 0.6 is 24.2 Å². The van der Waals surface area contributed by atoms with Gasteiger partial charge in [0.05, 0.1) is 5.88 Å². The Morgan fingerprint density at radius 2 is 2.06 bits per heavy atom. The first-order valence-corrected chi connectivity index (χ1v) is 7.13. The van der Waals surface area contributed by atoms with Crippen molar-refractivity contribution >= 4 is 36.0 Å². The summed E-state index contributed by atoms with van der Waals surface area (Å²) < 4.78 is 0. The van der Waals surface area contributed by atoms with Crippen LogP contribution in [0, 0.1) is 0 Å². The van der Waals surface area contributed by atoms with E-state index in [1.165, 1.54) is 6.92 Å². The average Bonchev–Trinajstić information content (AvgIpc) is 2.77. The lowest BCUT2D eigenvalue weighted by atomic mass is 10.1. The Balaban J connectivity index is 0.00000162. The molecular formula is C11H20ClN3O2S. The molecule has 2 rings (SSSR count). The number of carbonyl (C=O) groups excluding carboxylic acids is 2. The minimum Gasteiger partial charge on any atom is -0.336 e. The molecule has 0 spiro atoms. The smallest absolute Gasteiger partial charge is 0.246 e. The van der Waals surface area contributed by atoms with Crippen molar-refractivity contribution in [1.82, 2.24) is 15.1 Å². The average molecular weight is 294 g/mol. The fourth-order valence-electron chi connectivity index (χ4n) is 2.32. The monoisotopic (exact) mass is 293 g/mol. The zero-order valence-corrected chi connectivity index (χ0v) is 12.4. The maximum atomic E-state index is 12.4. The first-order valence-electron chi connectivity index (χ1n) is 5.97. The van der Waals surface area contributed by atoms with Crippen LogP contribution in [0.5, 0.6) is 0 Å². The van der Waals surface area contributed by atoms with Gasteiger partial charge < -0.3 is 15.1 Å². The summed E-state index contributed by atoms with van der Waals surface area (Å²) in [7, 11) is 0. The van der Waals surface area contributed by atoms with Gasteiger partial charge in [-0.25, -0.2) is 0 Å². The van der Waals surface area contributed by atoms with Gasteiger partial charge in [-0.3, -0.25) is 9.59 Å². The van der Waals surface area contributed by atoms with Gasteiger partial charge in [0.15, 0.2) is 0 Å². The van der Waals surface area contributed by atoms with Crippen LogP contribution in [0.4, 0.5) is 0 Å². The molecule has 0 aromatic rings. The van der Waals surface area contributed by atoms with Crippen LogP contribution in [-0.4, -0.2) is 65.0 Å². The first-order chi connectivity index (χ1) is 8.11. The molecule has 2 aliphatic rings. The van der Waals surface area contributed by atoms with Gasteiger partial charge in [0, 0.05) is 38.4 Å². The minimum absolute atomic E-state index is 0. The van der Waals surface area contributed by atoms with E-state index in [0.717, 1.165) is 25.4 Å². The molecule has 1 N–H and O–H groups in total. The molecule has 5 nitrogen and oxygen atoms in total. The Bertz CT molecular complexity index is 329. The molecular weight excluding hydrogens is 274 g/mol. The van der Waals surface area contributed by atoms with Crippen LogP contribution in [0.25, 0.3) is 0 Å². The largest absolute Gasteiger partial charge is 0.336 e. The Morgan fingerprint density at radius 3 is 2.67 bits per heavy atom. The number of carbonyl (C=O) groups is 2. The van der Waals surface area contributed by atoms with E-state index in [4.69, 9.17) is 0 Å². The molecule has 2 fully saturated rings. The molecule has 104 valence electrons. The fraction of sp³-hybridized carbons (Fsp3) is 0.818. The van der Waals surface area contributed by atoms with Crippen LogP contribution in [0.2, 0.25) is 0 Å². The van der Waals surface area contributed by atoms with E-state index in [0.29, 0.717) is 5.88 Å². The number of amides is 2. The molecule has 0 radical (unpaired) electrons. The van der Waals surface area contributed by atoms with E-state index >= 15 is 0 Å². The number of nitrogens with one attached hydrogen (secondary N) is 1. The number of halogens is 1. The molecule has 0 saturated carbocycles. The summed E-state index contributed by atoms with van der Waals surface area (Å²) >= 11 is 1.65. The maximum Gasteiger partial charge on any atom is 0.246 e. The van der Waals surface area contributed by atoms with Crippen LogP contribution in [0.15, 0.2) is 0 Å². The second-order valence-electron chi connectivity index (χ2n) is 4.59. The highest BCUT2D eigenvalue weighted by molar-refractivity contribution is 7.99. The molecule has 2 saturated heterocycles. The van der Waals surface area contributed by atoms with Gasteiger partial charge in [0.25, 0.3) is 0 Å². The van der Waals surface area contributed by atoms with Crippen molar-refractivity contribution in [1.29, 1.82) is 0 Å². The summed E-state index contributed by atoms with van der Waals surface area (Å²) in [6.07, 6.45) is 0. The van der Waals surface area contributed by atoms with Crippen LogP contribution in [0.3, 0.4) is 0 Å². The van der Waals surface area contributed by atoms with Gasteiger partial charge in [0.1, 0.15) is 6.04 Å². The summed E-state index contributed by atoms with van der Waals surface area (Å²) in [4.78, 5) is 27.5. The second kappa shape index (κ2) is 6.63. The third-order valence-corrected chi connectivity index (χ3v) is 4.37. The third-order valence-electron chi connectivity index (χ3n) is 3.36. The Morgan fingerprint density at radius 1 is 1.33 bits per heavy atom. The van der Waals surface area contributed by atoms with Crippen molar-refractivity contribution in [3.63, 3.8) is 0 Å². The van der Waals surface area contributed by atoms with E-state index in [2.05, 4.69) is 5.32 Å². The van der Waals surface area contributed by atoms with Gasteiger partial charge in [0.2, 0.25) is 11.8 Å². The topological polar surface area (TPSA) is 52.7 Å². The van der Waals surface area contributed by atoms with E-state index in [1.807, 2.05) is 11.8 Å². The lowest BCUT2D eigenvalue weighted by Gasteiger charge is -2.37. The number of nitrogens with zero attached hydrogens (tertiary/aromatic N) is 2. The van der Waals surface area contributed by atoms with Crippen molar-refractivity contribution in [2.24, 2.45) is 0 Å².